The summed E-state index contributed by atoms with van der Waals surface area (Å²) < 4.78 is 5.51. The van der Waals surface area contributed by atoms with Crippen LogP contribution in [0.3, 0.4) is 0 Å². The van der Waals surface area contributed by atoms with Crippen molar-refractivity contribution in [3.63, 3.8) is 0 Å². The van der Waals surface area contributed by atoms with Crippen LogP contribution in [0.25, 0.3) is 0 Å². The van der Waals surface area contributed by atoms with Gasteiger partial charge in [0, 0.05) is 23.3 Å². The Labute approximate surface area is 107 Å². The summed E-state index contributed by atoms with van der Waals surface area (Å²) in [5.74, 6) is -0.00378. The number of ether oxygens (including phenoxy) is 1. The first kappa shape index (κ1) is 11.7. The maximum Gasteiger partial charge on any atom is 0.334 e. The molecule has 0 spiro atoms. The van der Waals surface area contributed by atoms with E-state index in [4.69, 9.17) is 4.74 Å². The molecule has 0 amide bonds. The summed E-state index contributed by atoms with van der Waals surface area (Å²) >= 11 is 0. The molecule has 0 N–H and O–H groups in total. The Kier molecular flexibility index (Phi) is 2.31. The number of carbonyl (C=O) groups is 2. The number of fused-ring (bicyclic) bond motifs is 3. The highest BCUT2D eigenvalue weighted by molar-refractivity contribution is 5.94. The molecule has 1 saturated carbocycles. The number of ketones is 1. The Hall–Kier alpha value is -1.38. The predicted octanol–water partition coefficient (Wildman–Crippen LogP) is 2.28. The van der Waals surface area contributed by atoms with E-state index < -0.39 is 0 Å². The molecule has 96 valence electrons. The summed E-state index contributed by atoms with van der Waals surface area (Å²) in [6.07, 6.45) is 5.47. The summed E-state index contributed by atoms with van der Waals surface area (Å²) in [5, 5.41) is 0. The maximum absolute atomic E-state index is 11.9. The minimum Gasteiger partial charge on any atom is -0.458 e. The molecular weight excluding hydrogens is 228 g/mol. The van der Waals surface area contributed by atoms with Crippen LogP contribution in [0.2, 0.25) is 0 Å². The molecule has 3 nitrogen and oxygen atoms in total. The minimum atomic E-state index is -0.275. The topological polar surface area (TPSA) is 43.4 Å². The zero-order chi connectivity index (χ0) is 13.1. The van der Waals surface area contributed by atoms with Crippen LogP contribution in [-0.4, -0.2) is 17.9 Å². The van der Waals surface area contributed by atoms with Crippen molar-refractivity contribution in [2.24, 2.45) is 23.2 Å². The fraction of sp³-hybridized carbons (Fsp3) is 0.600. The first-order valence-electron chi connectivity index (χ1n) is 6.57. The summed E-state index contributed by atoms with van der Waals surface area (Å²) in [5.41, 5.74) is 0.565. The predicted molar refractivity (Wildman–Crippen MR) is 66.7 cm³/mol. The lowest BCUT2D eigenvalue weighted by Gasteiger charge is -2.48. The van der Waals surface area contributed by atoms with Crippen LogP contribution in [0.1, 0.15) is 26.7 Å². The molecule has 1 saturated heterocycles. The fourth-order valence-electron chi connectivity index (χ4n) is 3.95. The Balaban J connectivity index is 2.03. The summed E-state index contributed by atoms with van der Waals surface area (Å²) in [7, 11) is 0. The molecule has 5 atom stereocenters. The van der Waals surface area contributed by atoms with Gasteiger partial charge in [-0.25, -0.2) is 4.79 Å². The van der Waals surface area contributed by atoms with Crippen molar-refractivity contribution >= 4 is 11.8 Å². The second-order valence-electron chi connectivity index (χ2n) is 6.10. The van der Waals surface area contributed by atoms with Gasteiger partial charge in [0.05, 0.1) is 0 Å². The van der Waals surface area contributed by atoms with Gasteiger partial charge in [-0.2, -0.15) is 0 Å². The molecule has 2 aliphatic carbocycles. The largest absolute Gasteiger partial charge is 0.458 e. The van der Waals surface area contributed by atoms with Crippen molar-refractivity contribution in [3.05, 3.63) is 24.3 Å². The van der Waals surface area contributed by atoms with E-state index >= 15 is 0 Å². The number of carbonyl (C=O) groups excluding carboxylic acids is 2. The molecule has 3 aliphatic rings. The van der Waals surface area contributed by atoms with Crippen LogP contribution in [0.4, 0.5) is 0 Å². The van der Waals surface area contributed by atoms with Crippen LogP contribution in [0.15, 0.2) is 24.3 Å². The second-order valence-corrected chi connectivity index (χ2v) is 6.10. The highest BCUT2D eigenvalue weighted by Gasteiger charge is 2.56. The first-order valence-corrected chi connectivity index (χ1v) is 6.57. The van der Waals surface area contributed by atoms with Crippen molar-refractivity contribution in [2.75, 3.05) is 0 Å². The van der Waals surface area contributed by atoms with Gasteiger partial charge in [0.25, 0.3) is 0 Å². The quantitative estimate of drug-likeness (QED) is 0.486. The fourth-order valence-corrected chi connectivity index (χ4v) is 3.95. The van der Waals surface area contributed by atoms with Crippen LogP contribution in [-0.2, 0) is 14.3 Å². The van der Waals surface area contributed by atoms with Gasteiger partial charge in [-0.3, -0.25) is 4.79 Å². The van der Waals surface area contributed by atoms with E-state index in [0.717, 1.165) is 12.8 Å². The van der Waals surface area contributed by atoms with Crippen LogP contribution in [0.5, 0.6) is 0 Å². The summed E-state index contributed by atoms with van der Waals surface area (Å²) in [6.45, 7) is 7.97. The molecule has 0 radical (unpaired) electrons. The average molecular weight is 246 g/mol. The van der Waals surface area contributed by atoms with E-state index in [0.29, 0.717) is 5.57 Å². The molecule has 0 bridgehead atoms. The van der Waals surface area contributed by atoms with Gasteiger partial charge in [-0.05, 0) is 24.3 Å². The van der Waals surface area contributed by atoms with Gasteiger partial charge in [-0.1, -0.05) is 26.5 Å². The van der Waals surface area contributed by atoms with Gasteiger partial charge in [0.2, 0.25) is 0 Å². The average Bonchev–Trinajstić information content (AvgIpc) is 2.60. The van der Waals surface area contributed by atoms with Crippen LogP contribution >= 0.6 is 0 Å². The van der Waals surface area contributed by atoms with Crippen molar-refractivity contribution in [1.29, 1.82) is 0 Å². The molecule has 2 unspecified atom stereocenters. The number of rotatable bonds is 0. The maximum atomic E-state index is 11.9. The lowest BCUT2D eigenvalue weighted by atomic mass is 9.56. The SMILES string of the molecule is C=C1C(=O)O[C@H]2C1CCC1(C)C=CC(=O)[C@@H](C)[C@H]21. The second kappa shape index (κ2) is 3.56. The molecule has 0 aromatic rings. The number of esters is 1. The molecular formula is C15H18O3. The van der Waals surface area contributed by atoms with Gasteiger partial charge in [0.15, 0.2) is 5.78 Å². The Morgan fingerprint density at radius 3 is 2.89 bits per heavy atom. The van der Waals surface area contributed by atoms with Gasteiger partial charge >= 0.3 is 5.97 Å². The third kappa shape index (κ3) is 1.36. The Morgan fingerprint density at radius 2 is 2.17 bits per heavy atom. The highest BCUT2D eigenvalue weighted by atomic mass is 16.6. The van der Waals surface area contributed by atoms with Crippen LogP contribution in [0, 0.1) is 23.2 Å². The van der Waals surface area contributed by atoms with Gasteiger partial charge in [0.1, 0.15) is 6.10 Å². The number of hydrogen-bond donors (Lipinski definition) is 0. The van der Waals surface area contributed by atoms with Crippen molar-refractivity contribution in [1.82, 2.24) is 0 Å². The molecule has 1 aliphatic heterocycles. The Morgan fingerprint density at radius 1 is 1.44 bits per heavy atom. The van der Waals surface area contributed by atoms with E-state index in [1.54, 1.807) is 6.08 Å². The first-order chi connectivity index (χ1) is 8.44. The highest BCUT2D eigenvalue weighted by Crippen LogP contribution is 2.54. The minimum absolute atomic E-state index is 0.0284. The molecule has 1 heterocycles. The van der Waals surface area contributed by atoms with E-state index in [-0.39, 0.29) is 41.0 Å². The van der Waals surface area contributed by atoms with Crippen molar-refractivity contribution in [2.45, 2.75) is 32.8 Å². The third-order valence-corrected chi connectivity index (χ3v) is 5.07. The normalized spacial score (nSPS) is 46.7. The van der Waals surface area contributed by atoms with Crippen molar-refractivity contribution < 1.29 is 14.3 Å². The monoisotopic (exact) mass is 246 g/mol. The molecule has 3 rings (SSSR count). The summed E-state index contributed by atoms with van der Waals surface area (Å²) in [6, 6.07) is 0. The lowest BCUT2D eigenvalue weighted by molar-refractivity contribution is -0.149. The molecule has 3 heteroatoms. The van der Waals surface area contributed by atoms with Crippen LogP contribution < -0.4 is 0 Å². The van der Waals surface area contributed by atoms with Gasteiger partial charge < -0.3 is 4.74 Å². The van der Waals surface area contributed by atoms with Crippen molar-refractivity contribution in [3.8, 4) is 0 Å². The molecule has 18 heavy (non-hydrogen) atoms. The van der Waals surface area contributed by atoms with E-state index in [9.17, 15) is 9.59 Å². The van der Waals surface area contributed by atoms with E-state index in [1.165, 1.54) is 0 Å². The lowest BCUT2D eigenvalue weighted by Crippen LogP contribution is -2.49. The van der Waals surface area contributed by atoms with Gasteiger partial charge in [-0.15, -0.1) is 0 Å². The molecule has 2 fully saturated rings. The summed E-state index contributed by atoms with van der Waals surface area (Å²) in [4.78, 5) is 23.6. The standard InChI is InChI=1S/C15H18O3/c1-8-10-4-6-15(3)7-5-11(16)9(2)12(15)13(10)18-14(8)17/h5,7,9-10,12-13H,1,4,6H2,2-3H3/t9-,10?,12-,13+,15?/m1/s1. The smallest absolute Gasteiger partial charge is 0.334 e. The number of hydrogen-bond acceptors (Lipinski definition) is 3. The zero-order valence-corrected chi connectivity index (χ0v) is 10.8. The zero-order valence-electron chi connectivity index (χ0n) is 10.8. The Bertz CT molecular complexity index is 476. The third-order valence-electron chi connectivity index (χ3n) is 5.07. The van der Waals surface area contributed by atoms with E-state index in [2.05, 4.69) is 13.5 Å². The number of allylic oxidation sites excluding steroid dienone is 2. The molecule has 0 aromatic heterocycles. The van der Waals surface area contributed by atoms with E-state index in [1.807, 2.05) is 13.0 Å². The molecule has 0 aromatic carbocycles.